The summed E-state index contributed by atoms with van der Waals surface area (Å²) < 4.78 is 55.4. The third kappa shape index (κ3) is 5.36. The highest BCUT2D eigenvalue weighted by molar-refractivity contribution is 7.93. The first kappa shape index (κ1) is 23.9. The maximum absolute atomic E-state index is 12.7. The number of methoxy groups -OCH3 is 1. The predicted molar refractivity (Wildman–Crippen MR) is 121 cm³/mol. The number of rotatable bonds is 9. The van der Waals surface area contributed by atoms with Crippen molar-refractivity contribution in [2.45, 2.75) is 20.5 Å². The fourth-order valence-corrected chi connectivity index (χ4v) is 6.61. The molecular formula is C21H22N2O6S3. The molecule has 3 N–H and O–H groups in total. The van der Waals surface area contributed by atoms with Gasteiger partial charge in [-0.1, -0.05) is 0 Å². The minimum Gasteiger partial charge on any atom is -0.497 e. The van der Waals surface area contributed by atoms with Crippen LogP contribution in [0.3, 0.4) is 0 Å². The molecule has 3 rings (SSSR count). The van der Waals surface area contributed by atoms with Crippen LogP contribution in [-0.4, -0.2) is 42.2 Å². The fourth-order valence-electron chi connectivity index (χ4n) is 2.82. The highest BCUT2D eigenvalue weighted by atomic mass is 32.2. The maximum Gasteiger partial charge on any atom is 0.251 e. The summed E-state index contributed by atoms with van der Waals surface area (Å²) in [6, 6.07) is 14.6. The zero-order valence-electron chi connectivity index (χ0n) is 17.1. The second kappa shape index (κ2) is 9.82. The molecule has 8 nitrogen and oxygen atoms in total. The van der Waals surface area contributed by atoms with Gasteiger partial charge < -0.3 is 15.8 Å². The number of carbonyl (C=O) groups excluding carboxylic acids is 1. The summed E-state index contributed by atoms with van der Waals surface area (Å²) in [5, 5.41) is 2.54. The van der Waals surface area contributed by atoms with Crippen LogP contribution in [-0.2, 0) is 26.2 Å². The van der Waals surface area contributed by atoms with Gasteiger partial charge in [0.2, 0.25) is 9.84 Å². The van der Waals surface area contributed by atoms with Gasteiger partial charge in [0.05, 0.1) is 22.7 Å². The van der Waals surface area contributed by atoms with Crippen LogP contribution in [0.4, 0.5) is 0 Å². The second-order valence-corrected chi connectivity index (χ2v) is 12.2. The van der Waals surface area contributed by atoms with Crippen molar-refractivity contribution in [2.75, 3.05) is 19.4 Å². The molecule has 1 amide bonds. The lowest BCUT2D eigenvalue weighted by Gasteiger charge is -2.08. The number of thiophene rings is 1. The Hall–Kier alpha value is -2.73. The Balaban J connectivity index is 1.62. The molecule has 0 radical (unpaired) electrons. The highest BCUT2D eigenvalue weighted by Gasteiger charge is 2.20. The van der Waals surface area contributed by atoms with Gasteiger partial charge in [-0.25, -0.2) is 16.8 Å². The second-order valence-electron chi connectivity index (χ2n) is 6.70. The predicted octanol–water partition coefficient (Wildman–Crippen LogP) is 2.25. The van der Waals surface area contributed by atoms with E-state index in [0.29, 0.717) is 5.75 Å². The van der Waals surface area contributed by atoms with Crippen LogP contribution in [0.25, 0.3) is 0 Å². The largest absolute Gasteiger partial charge is 0.497 e. The number of amides is 1. The van der Waals surface area contributed by atoms with Crippen molar-refractivity contribution in [1.29, 1.82) is 0 Å². The molecule has 2 aromatic carbocycles. The fraction of sp³-hybridized carbons (Fsp3) is 0.190. The van der Waals surface area contributed by atoms with Gasteiger partial charge in [0.1, 0.15) is 9.96 Å². The molecule has 170 valence electrons. The van der Waals surface area contributed by atoms with Crippen LogP contribution in [0.15, 0.2) is 74.7 Å². The van der Waals surface area contributed by atoms with Crippen LogP contribution in [0.1, 0.15) is 15.2 Å². The molecule has 0 aliphatic heterocycles. The zero-order valence-corrected chi connectivity index (χ0v) is 19.6. The van der Waals surface area contributed by atoms with Gasteiger partial charge in [-0.3, -0.25) is 4.79 Å². The lowest BCUT2D eigenvalue weighted by molar-refractivity contribution is 0.0956. The Morgan fingerprint density at radius 1 is 0.938 bits per heavy atom. The van der Waals surface area contributed by atoms with Crippen LogP contribution >= 0.6 is 11.3 Å². The molecule has 11 heteroatoms. The average Bonchev–Trinajstić information content (AvgIpc) is 3.29. The third-order valence-corrected chi connectivity index (χ3v) is 9.71. The standard InChI is InChI=1S/C21H22N2O6S3/c1-29-16-4-9-18(10-5-16)31(25,26)13-12-23-21(24)15-2-7-19(8-3-15)32(27,28)20-11-6-17(14-22)30-20/h2-11H,12-14,22H2,1H3,(H,23,24). The Morgan fingerprint density at radius 3 is 2.12 bits per heavy atom. The number of nitrogens with one attached hydrogen (secondary N) is 1. The van der Waals surface area contributed by atoms with Gasteiger partial charge in [0, 0.05) is 23.5 Å². The van der Waals surface area contributed by atoms with Crippen molar-refractivity contribution in [2.24, 2.45) is 5.73 Å². The SMILES string of the molecule is COc1ccc(S(=O)(=O)CCNC(=O)c2ccc(S(=O)(=O)c3ccc(CN)s3)cc2)cc1. The monoisotopic (exact) mass is 494 g/mol. The van der Waals surface area contributed by atoms with E-state index in [4.69, 9.17) is 10.5 Å². The van der Waals surface area contributed by atoms with Crippen LogP contribution in [0, 0.1) is 0 Å². The maximum atomic E-state index is 12.7. The first-order valence-corrected chi connectivity index (χ1v) is 13.4. The van der Waals surface area contributed by atoms with Crippen molar-refractivity contribution in [3.63, 3.8) is 0 Å². The Kier molecular flexibility index (Phi) is 7.34. The number of hydrogen-bond donors (Lipinski definition) is 2. The lowest BCUT2D eigenvalue weighted by Crippen LogP contribution is -2.29. The molecule has 0 saturated heterocycles. The number of carbonyl (C=O) groups is 1. The van der Waals surface area contributed by atoms with Crippen molar-refractivity contribution in [1.82, 2.24) is 5.32 Å². The van der Waals surface area contributed by atoms with Gasteiger partial charge >= 0.3 is 0 Å². The van der Waals surface area contributed by atoms with Gasteiger partial charge in [0.25, 0.3) is 5.91 Å². The summed E-state index contributed by atoms with van der Waals surface area (Å²) in [6.45, 7) is 0.164. The average molecular weight is 495 g/mol. The van der Waals surface area contributed by atoms with Crippen LogP contribution < -0.4 is 15.8 Å². The third-order valence-electron chi connectivity index (χ3n) is 4.60. The van der Waals surface area contributed by atoms with Gasteiger partial charge in [-0.05, 0) is 60.7 Å². The first-order valence-electron chi connectivity index (χ1n) is 9.46. The van der Waals surface area contributed by atoms with Crippen molar-refractivity contribution >= 4 is 36.9 Å². The minimum absolute atomic E-state index is 0.0570. The first-order chi connectivity index (χ1) is 15.2. The summed E-state index contributed by atoms with van der Waals surface area (Å²) in [5.74, 6) is -0.235. The highest BCUT2D eigenvalue weighted by Crippen LogP contribution is 2.27. The van der Waals surface area contributed by atoms with Gasteiger partial charge in [-0.2, -0.15) is 0 Å². The molecule has 0 spiro atoms. The topological polar surface area (TPSA) is 133 Å². The van der Waals surface area contributed by atoms with Gasteiger partial charge in [0.15, 0.2) is 9.84 Å². The number of benzene rings is 2. The molecule has 1 heterocycles. The molecular weight excluding hydrogens is 472 g/mol. The van der Waals surface area contributed by atoms with Gasteiger partial charge in [-0.15, -0.1) is 11.3 Å². The smallest absolute Gasteiger partial charge is 0.251 e. The summed E-state index contributed by atoms with van der Waals surface area (Å²) in [5.41, 5.74) is 5.76. The van der Waals surface area contributed by atoms with E-state index >= 15 is 0 Å². The molecule has 0 aliphatic carbocycles. The summed E-state index contributed by atoms with van der Waals surface area (Å²) in [4.78, 5) is 13.3. The normalized spacial score (nSPS) is 11.8. The molecule has 0 aliphatic rings. The Labute approximate surface area is 190 Å². The van der Waals surface area contributed by atoms with Crippen molar-refractivity contribution < 1.29 is 26.4 Å². The van der Waals surface area contributed by atoms with E-state index in [1.54, 1.807) is 18.2 Å². The molecule has 0 unspecified atom stereocenters. The molecule has 0 bridgehead atoms. The molecule has 32 heavy (non-hydrogen) atoms. The van der Waals surface area contributed by atoms with E-state index < -0.39 is 25.6 Å². The molecule has 3 aromatic rings. The number of hydrogen-bond acceptors (Lipinski definition) is 8. The molecule has 0 fully saturated rings. The Morgan fingerprint density at radius 2 is 1.56 bits per heavy atom. The summed E-state index contributed by atoms with van der Waals surface area (Å²) >= 11 is 1.10. The van der Waals surface area contributed by atoms with E-state index in [2.05, 4.69) is 5.32 Å². The summed E-state index contributed by atoms with van der Waals surface area (Å²) in [6.07, 6.45) is 0. The van der Waals surface area contributed by atoms with E-state index in [9.17, 15) is 21.6 Å². The molecule has 0 saturated carbocycles. The van der Waals surface area contributed by atoms with E-state index in [0.717, 1.165) is 16.2 Å². The zero-order chi connectivity index (χ0) is 23.4. The van der Waals surface area contributed by atoms with E-state index in [1.807, 2.05) is 0 Å². The summed E-state index contributed by atoms with van der Waals surface area (Å²) in [7, 11) is -5.79. The molecule has 1 aromatic heterocycles. The Bertz CT molecular complexity index is 1300. The molecule has 0 atom stereocenters. The minimum atomic E-state index is -3.70. The van der Waals surface area contributed by atoms with Crippen LogP contribution in [0.5, 0.6) is 5.75 Å². The quantitative estimate of drug-likeness (QED) is 0.466. The number of nitrogens with two attached hydrogens (primary N) is 1. The van der Waals surface area contributed by atoms with Crippen molar-refractivity contribution in [3.8, 4) is 5.75 Å². The van der Waals surface area contributed by atoms with E-state index in [-0.39, 0.29) is 38.4 Å². The van der Waals surface area contributed by atoms with Crippen molar-refractivity contribution in [3.05, 3.63) is 71.1 Å². The number of ether oxygens (including phenoxy) is 1. The number of sulfone groups is 2. The van der Waals surface area contributed by atoms with E-state index in [1.165, 1.54) is 49.6 Å². The lowest BCUT2D eigenvalue weighted by atomic mass is 10.2. The van der Waals surface area contributed by atoms with Crippen LogP contribution in [0.2, 0.25) is 0 Å².